The number of carbonyl (C=O) groups is 3. The maximum atomic E-state index is 13.3. The molecule has 3 aromatic rings. The van der Waals surface area contributed by atoms with Crippen LogP contribution in [0.25, 0.3) is 11.3 Å². The lowest BCUT2D eigenvalue weighted by Crippen LogP contribution is -2.45. The molecule has 2 aliphatic rings. The normalized spacial score (nSPS) is 16.4. The predicted octanol–water partition coefficient (Wildman–Crippen LogP) is 3.62. The van der Waals surface area contributed by atoms with Crippen LogP contribution < -0.4 is 16.1 Å². The molecule has 1 fully saturated rings. The summed E-state index contributed by atoms with van der Waals surface area (Å²) < 4.78 is 4.89. The fourth-order valence-electron chi connectivity index (χ4n) is 5.06. The van der Waals surface area contributed by atoms with Crippen LogP contribution in [-0.2, 0) is 14.4 Å². The lowest BCUT2D eigenvalue weighted by Gasteiger charge is -2.32. The van der Waals surface area contributed by atoms with Crippen LogP contribution in [0.3, 0.4) is 0 Å². The number of hydrogen-bond donors (Lipinski definition) is 3. The van der Waals surface area contributed by atoms with Gasteiger partial charge in [0.05, 0.1) is 36.2 Å². The number of piperazine rings is 1. The predicted molar refractivity (Wildman–Crippen MR) is 162 cm³/mol. The summed E-state index contributed by atoms with van der Waals surface area (Å²) in [7, 11) is 3.44. The number of anilines is 2. The second-order valence-corrected chi connectivity index (χ2v) is 10.4. The number of ether oxygens (including phenoxy) is 1. The van der Waals surface area contributed by atoms with Gasteiger partial charge in [-0.25, -0.2) is 10.3 Å². The molecule has 0 atom stereocenters. The Labute approximate surface area is 245 Å². The minimum Gasteiger partial charge on any atom is -0.465 e. The van der Waals surface area contributed by atoms with Crippen LogP contribution in [0.1, 0.15) is 37.4 Å². The molecule has 0 saturated carbocycles. The molecule has 218 valence electrons. The van der Waals surface area contributed by atoms with Crippen LogP contribution in [0.4, 0.5) is 11.4 Å². The molecule has 2 aliphatic heterocycles. The van der Waals surface area contributed by atoms with E-state index in [9.17, 15) is 14.4 Å². The van der Waals surface area contributed by atoms with E-state index in [0.29, 0.717) is 51.5 Å². The van der Waals surface area contributed by atoms with Gasteiger partial charge < -0.3 is 20.3 Å². The maximum Gasteiger partial charge on any atom is 0.338 e. The van der Waals surface area contributed by atoms with Crippen molar-refractivity contribution in [3.8, 4) is 0 Å². The first-order chi connectivity index (χ1) is 20.3. The number of carbonyl (C=O) groups excluding carboxylic acids is 3. The number of nitrogens with one attached hydrogen (secondary N) is 3. The van der Waals surface area contributed by atoms with Gasteiger partial charge >= 0.3 is 5.97 Å². The number of hydrogen-bond acceptors (Lipinski definition) is 8. The molecule has 0 bridgehead atoms. The van der Waals surface area contributed by atoms with E-state index in [1.807, 2.05) is 43.3 Å². The largest absolute Gasteiger partial charge is 0.465 e. The summed E-state index contributed by atoms with van der Waals surface area (Å²) in [6, 6.07) is 19.9. The Balaban J connectivity index is 1.32. The molecule has 10 heteroatoms. The van der Waals surface area contributed by atoms with Crippen molar-refractivity contribution in [2.24, 2.45) is 0 Å². The van der Waals surface area contributed by atoms with E-state index >= 15 is 0 Å². The van der Waals surface area contributed by atoms with Gasteiger partial charge in [-0.3, -0.25) is 19.3 Å². The lowest BCUT2D eigenvalue weighted by molar-refractivity contribution is -0.110. The van der Waals surface area contributed by atoms with Crippen LogP contribution in [0.15, 0.2) is 66.7 Å². The zero-order chi connectivity index (χ0) is 29.6. The summed E-state index contributed by atoms with van der Waals surface area (Å²) in [5, 5.41) is 6.27. The summed E-state index contributed by atoms with van der Waals surface area (Å²) in [6.07, 6.45) is 0. The van der Waals surface area contributed by atoms with Crippen LogP contribution in [-0.4, -0.2) is 81.1 Å². The van der Waals surface area contributed by atoms with E-state index in [-0.39, 0.29) is 11.8 Å². The molecule has 0 unspecified atom stereocenters. The molecule has 2 heterocycles. The molecule has 0 spiro atoms. The molecular formula is C32H35N5O5. The first kappa shape index (κ1) is 29.0. The van der Waals surface area contributed by atoms with Crippen molar-refractivity contribution in [1.29, 1.82) is 0 Å². The molecule has 3 aromatic carbocycles. The van der Waals surface area contributed by atoms with Gasteiger partial charge in [0.2, 0.25) is 0 Å². The van der Waals surface area contributed by atoms with E-state index in [1.54, 1.807) is 30.3 Å². The standard InChI is InChI=1S/C32H35N5O5/c1-21-19-26-27(20-25(21)32(40)41-3)34-31(39)28(26)29(22-7-5-4-6-8-22)33-24-11-9-23(10-12-24)30(38)35-42-18-17-37-15-13-36(2)14-16-37/h4-12,19-20,33H,13-18H2,1-3H3,(H,34,39)(H,35,38)/b29-28-. The highest BCUT2D eigenvalue weighted by Gasteiger charge is 2.30. The second-order valence-electron chi connectivity index (χ2n) is 10.4. The number of benzene rings is 3. The SMILES string of the molecule is COC(=O)c1cc2c(cc1C)/C(=C(/Nc1ccc(C(=O)NOCCN3CCN(C)CC3)cc1)c1ccccc1)C(=O)N2. The van der Waals surface area contributed by atoms with Gasteiger partial charge in [0.25, 0.3) is 11.8 Å². The highest BCUT2D eigenvalue weighted by atomic mass is 16.7. The smallest absolute Gasteiger partial charge is 0.338 e. The van der Waals surface area contributed by atoms with Crippen LogP contribution >= 0.6 is 0 Å². The number of aryl methyl sites for hydroxylation is 1. The fraction of sp³-hybridized carbons (Fsp3) is 0.281. The van der Waals surface area contributed by atoms with Crippen molar-refractivity contribution in [2.45, 2.75) is 6.92 Å². The molecule has 2 amide bonds. The number of hydroxylamine groups is 1. The molecular weight excluding hydrogens is 534 g/mol. The zero-order valence-corrected chi connectivity index (χ0v) is 24.0. The number of methoxy groups -OCH3 is 1. The summed E-state index contributed by atoms with van der Waals surface area (Å²) in [4.78, 5) is 48.2. The third-order valence-electron chi connectivity index (χ3n) is 7.51. The highest BCUT2D eigenvalue weighted by Crippen LogP contribution is 2.39. The average molecular weight is 570 g/mol. The Morgan fingerprint density at radius 1 is 0.952 bits per heavy atom. The van der Waals surface area contributed by atoms with Gasteiger partial charge in [-0.1, -0.05) is 30.3 Å². The highest BCUT2D eigenvalue weighted by molar-refractivity contribution is 6.37. The minimum atomic E-state index is -0.465. The van der Waals surface area contributed by atoms with Crippen molar-refractivity contribution in [2.75, 3.05) is 64.1 Å². The number of likely N-dealkylation sites (N-methyl/N-ethyl adjacent to an activating group) is 1. The summed E-state index contributed by atoms with van der Waals surface area (Å²) >= 11 is 0. The number of fused-ring (bicyclic) bond motifs is 1. The van der Waals surface area contributed by atoms with Gasteiger partial charge in [0, 0.05) is 49.5 Å². The first-order valence-electron chi connectivity index (χ1n) is 13.9. The van der Waals surface area contributed by atoms with Crippen LogP contribution in [0, 0.1) is 6.92 Å². The Kier molecular flexibility index (Phi) is 8.97. The van der Waals surface area contributed by atoms with Crippen molar-refractivity contribution in [3.05, 3.63) is 94.5 Å². The van der Waals surface area contributed by atoms with Gasteiger partial charge in [-0.2, -0.15) is 0 Å². The van der Waals surface area contributed by atoms with Gasteiger partial charge in [0.1, 0.15) is 0 Å². The molecule has 10 nitrogen and oxygen atoms in total. The average Bonchev–Trinajstić information content (AvgIpc) is 3.32. The number of esters is 1. The van der Waals surface area contributed by atoms with Gasteiger partial charge in [-0.15, -0.1) is 0 Å². The quantitative estimate of drug-likeness (QED) is 0.155. The molecule has 0 radical (unpaired) electrons. The topological polar surface area (TPSA) is 112 Å². The minimum absolute atomic E-state index is 0.289. The van der Waals surface area contributed by atoms with Crippen molar-refractivity contribution >= 4 is 40.4 Å². The number of nitrogens with zero attached hydrogens (tertiary/aromatic N) is 2. The molecule has 5 rings (SSSR count). The van der Waals surface area contributed by atoms with Crippen molar-refractivity contribution < 1.29 is 24.0 Å². The Bertz CT molecular complexity index is 1500. The molecule has 42 heavy (non-hydrogen) atoms. The molecule has 1 saturated heterocycles. The van der Waals surface area contributed by atoms with Gasteiger partial charge in [0.15, 0.2) is 0 Å². The third-order valence-corrected chi connectivity index (χ3v) is 7.51. The van der Waals surface area contributed by atoms with Gasteiger partial charge in [-0.05, 0) is 61.5 Å². The number of rotatable bonds is 9. The lowest BCUT2D eigenvalue weighted by atomic mass is 9.96. The second kappa shape index (κ2) is 13.0. The molecule has 0 aliphatic carbocycles. The van der Waals surface area contributed by atoms with E-state index in [1.165, 1.54) is 7.11 Å². The summed E-state index contributed by atoms with van der Waals surface area (Å²) in [5.74, 6) is -1.09. The Morgan fingerprint density at radius 3 is 2.36 bits per heavy atom. The van der Waals surface area contributed by atoms with Crippen molar-refractivity contribution in [1.82, 2.24) is 15.3 Å². The van der Waals surface area contributed by atoms with Crippen LogP contribution in [0.5, 0.6) is 0 Å². The summed E-state index contributed by atoms with van der Waals surface area (Å²) in [5.41, 5.74) is 7.83. The zero-order valence-electron chi connectivity index (χ0n) is 24.0. The molecule has 0 aromatic heterocycles. The molecule has 3 N–H and O–H groups in total. The fourth-order valence-corrected chi connectivity index (χ4v) is 5.06. The van der Waals surface area contributed by atoms with Crippen molar-refractivity contribution in [3.63, 3.8) is 0 Å². The van der Waals surface area contributed by atoms with Crippen LogP contribution in [0.2, 0.25) is 0 Å². The maximum absolute atomic E-state index is 13.3. The Hall–Kier alpha value is -4.51. The Morgan fingerprint density at radius 2 is 1.67 bits per heavy atom. The monoisotopic (exact) mass is 569 g/mol. The van der Waals surface area contributed by atoms with E-state index in [4.69, 9.17) is 9.57 Å². The third kappa shape index (κ3) is 6.52. The summed E-state index contributed by atoms with van der Waals surface area (Å²) in [6.45, 7) is 7.02. The number of amides is 2. The van der Waals surface area contributed by atoms with E-state index in [2.05, 4.69) is 33.0 Å². The van der Waals surface area contributed by atoms with E-state index in [0.717, 1.165) is 38.3 Å². The first-order valence-corrected chi connectivity index (χ1v) is 13.9. The van der Waals surface area contributed by atoms with E-state index < -0.39 is 5.97 Å².